The minimum atomic E-state index is -5.79. The second-order valence-corrected chi connectivity index (χ2v) is 7.22. The van der Waals surface area contributed by atoms with Crippen LogP contribution in [0.15, 0.2) is 52.7 Å². The van der Waals surface area contributed by atoms with Crippen molar-refractivity contribution in [1.29, 1.82) is 0 Å². The van der Waals surface area contributed by atoms with Crippen LogP contribution >= 0.6 is 11.3 Å². The summed E-state index contributed by atoms with van der Waals surface area (Å²) in [6.07, 6.45) is -3.31. The van der Waals surface area contributed by atoms with Crippen LogP contribution < -0.4 is 0 Å². The molecular weight excluding hydrogens is 429 g/mol. The standard InChI is InChI=1S/C18H8F5N5OS/c19-17(20,18(21,22)23)13-6-10(12-2-1-5-30-12)9-3-4-14-25-11(16-27-24-8-29-16)7-28(14)15(9)26-13/h1-8H. The van der Waals surface area contributed by atoms with Crippen molar-refractivity contribution in [2.75, 3.05) is 0 Å². The van der Waals surface area contributed by atoms with Crippen LogP contribution in [0.1, 0.15) is 5.69 Å². The summed E-state index contributed by atoms with van der Waals surface area (Å²) in [4.78, 5) is 8.48. The molecule has 0 saturated heterocycles. The number of halogens is 5. The molecule has 0 unspecified atom stereocenters. The van der Waals surface area contributed by atoms with Crippen LogP contribution in [-0.2, 0) is 5.92 Å². The van der Waals surface area contributed by atoms with Crippen LogP contribution in [0.4, 0.5) is 22.0 Å². The van der Waals surface area contributed by atoms with Gasteiger partial charge in [-0.05, 0) is 29.6 Å². The number of rotatable bonds is 3. The zero-order chi connectivity index (χ0) is 21.1. The van der Waals surface area contributed by atoms with Crippen molar-refractivity contribution in [3.8, 4) is 22.0 Å². The largest absolute Gasteiger partial charge is 0.459 e. The molecule has 0 saturated carbocycles. The summed E-state index contributed by atoms with van der Waals surface area (Å²) in [7, 11) is 0. The van der Waals surface area contributed by atoms with E-state index in [9.17, 15) is 22.0 Å². The number of alkyl halides is 5. The third-order valence-electron chi connectivity index (χ3n) is 4.44. The molecule has 0 aromatic carbocycles. The van der Waals surface area contributed by atoms with Crippen molar-refractivity contribution in [3.63, 3.8) is 0 Å². The Bertz CT molecular complexity index is 1360. The molecule has 5 heterocycles. The van der Waals surface area contributed by atoms with Crippen LogP contribution in [0.5, 0.6) is 0 Å². The maximum absolute atomic E-state index is 14.2. The molecule has 0 radical (unpaired) electrons. The average Bonchev–Trinajstić information content (AvgIpc) is 3.47. The molecule has 0 bridgehead atoms. The van der Waals surface area contributed by atoms with E-state index in [0.29, 0.717) is 10.3 Å². The molecule has 0 aliphatic heterocycles. The van der Waals surface area contributed by atoms with Gasteiger partial charge in [0.15, 0.2) is 0 Å². The van der Waals surface area contributed by atoms with Gasteiger partial charge in [-0.15, -0.1) is 21.5 Å². The van der Waals surface area contributed by atoms with Crippen LogP contribution in [0, 0.1) is 0 Å². The maximum atomic E-state index is 14.2. The van der Waals surface area contributed by atoms with Gasteiger partial charge >= 0.3 is 12.1 Å². The van der Waals surface area contributed by atoms with Gasteiger partial charge in [-0.3, -0.25) is 4.40 Å². The molecule has 5 rings (SSSR count). The highest BCUT2D eigenvalue weighted by Gasteiger charge is 2.60. The quantitative estimate of drug-likeness (QED) is 0.358. The number of hydrogen-bond acceptors (Lipinski definition) is 6. The molecule has 12 heteroatoms. The van der Waals surface area contributed by atoms with E-state index in [-0.39, 0.29) is 28.4 Å². The minimum absolute atomic E-state index is 0.0714. The Morgan fingerprint density at radius 1 is 1.03 bits per heavy atom. The fraction of sp³-hybridized carbons (Fsp3) is 0.111. The molecule has 0 amide bonds. The number of fused-ring (bicyclic) bond motifs is 3. The molecule has 0 aliphatic rings. The second-order valence-electron chi connectivity index (χ2n) is 6.27. The second kappa shape index (κ2) is 6.29. The molecule has 0 aliphatic carbocycles. The van der Waals surface area contributed by atoms with Crippen molar-refractivity contribution in [3.05, 3.63) is 54.0 Å². The molecule has 0 N–H and O–H groups in total. The average molecular weight is 437 g/mol. The minimum Gasteiger partial charge on any atom is -0.422 e. The van der Waals surface area contributed by atoms with E-state index in [1.54, 1.807) is 29.6 Å². The number of hydrogen-bond donors (Lipinski definition) is 0. The Kier molecular flexibility index (Phi) is 3.90. The summed E-state index contributed by atoms with van der Waals surface area (Å²) in [5, 5.41) is 9.37. The van der Waals surface area contributed by atoms with E-state index < -0.39 is 17.8 Å². The molecule has 0 spiro atoms. The summed E-state index contributed by atoms with van der Waals surface area (Å²) < 4.78 is 74.0. The number of pyridine rings is 2. The fourth-order valence-electron chi connectivity index (χ4n) is 3.06. The molecule has 5 aromatic heterocycles. The van der Waals surface area contributed by atoms with E-state index in [1.165, 1.54) is 21.9 Å². The summed E-state index contributed by atoms with van der Waals surface area (Å²) in [5.74, 6) is -5.06. The van der Waals surface area contributed by atoms with Gasteiger partial charge in [0.25, 0.3) is 5.89 Å². The Labute approximate surface area is 167 Å². The number of imidazole rings is 1. The van der Waals surface area contributed by atoms with Crippen LogP contribution in [0.2, 0.25) is 0 Å². The Hall–Kier alpha value is -3.41. The highest BCUT2D eigenvalue weighted by molar-refractivity contribution is 7.13. The van der Waals surface area contributed by atoms with Gasteiger partial charge in [0.2, 0.25) is 6.39 Å². The first-order chi connectivity index (χ1) is 14.3. The third kappa shape index (κ3) is 2.75. The van der Waals surface area contributed by atoms with Gasteiger partial charge in [0.05, 0.1) is 0 Å². The maximum Gasteiger partial charge on any atom is 0.459 e. The molecule has 6 nitrogen and oxygen atoms in total. The number of nitrogens with zero attached hydrogens (tertiary/aromatic N) is 5. The van der Waals surface area contributed by atoms with E-state index in [4.69, 9.17) is 4.42 Å². The molecule has 0 fully saturated rings. The van der Waals surface area contributed by atoms with E-state index in [0.717, 1.165) is 12.5 Å². The van der Waals surface area contributed by atoms with Crippen molar-refractivity contribution in [2.45, 2.75) is 12.1 Å². The molecular formula is C18H8F5N5OS. The van der Waals surface area contributed by atoms with Crippen molar-refractivity contribution >= 4 is 28.0 Å². The summed E-state index contributed by atoms with van der Waals surface area (Å²) in [6.45, 7) is 0. The molecule has 5 aromatic rings. The van der Waals surface area contributed by atoms with Crippen molar-refractivity contribution in [2.24, 2.45) is 0 Å². The number of aromatic nitrogens is 5. The lowest BCUT2D eigenvalue weighted by molar-refractivity contribution is -0.290. The zero-order valence-corrected chi connectivity index (χ0v) is 15.4. The summed E-state index contributed by atoms with van der Waals surface area (Å²) in [6, 6.07) is 7.27. The smallest absolute Gasteiger partial charge is 0.422 e. The van der Waals surface area contributed by atoms with Crippen LogP contribution in [0.25, 0.3) is 38.7 Å². The van der Waals surface area contributed by atoms with Crippen molar-refractivity contribution in [1.82, 2.24) is 24.6 Å². The van der Waals surface area contributed by atoms with Gasteiger partial charge in [-0.2, -0.15) is 22.0 Å². The molecule has 152 valence electrons. The SMILES string of the molecule is FC(F)(F)C(F)(F)c1cc(-c2cccs2)c2ccc3nc(-c4nnco4)cn3c2n1. The van der Waals surface area contributed by atoms with Gasteiger partial charge < -0.3 is 4.42 Å². The summed E-state index contributed by atoms with van der Waals surface area (Å²) >= 11 is 1.21. The number of thiophene rings is 1. The first kappa shape index (κ1) is 18.6. The van der Waals surface area contributed by atoms with Crippen LogP contribution in [-0.4, -0.2) is 30.7 Å². The lowest BCUT2D eigenvalue weighted by Crippen LogP contribution is -2.34. The monoisotopic (exact) mass is 437 g/mol. The van der Waals surface area contributed by atoms with Gasteiger partial charge in [-0.1, -0.05) is 6.07 Å². The van der Waals surface area contributed by atoms with E-state index in [2.05, 4.69) is 20.2 Å². The fourth-order valence-corrected chi connectivity index (χ4v) is 3.82. The zero-order valence-electron chi connectivity index (χ0n) is 14.6. The van der Waals surface area contributed by atoms with Crippen molar-refractivity contribution < 1.29 is 26.4 Å². The van der Waals surface area contributed by atoms with E-state index in [1.807, 2.05) is 0 Å². The Balaban J connectivity index is 1.85. The highest BCUT2D eigenvalue weighted by Crippen LogP contribution is 2.45. The van der Waals surface area contributed by atoms with Gasteiger partial charge in [-0.25, -0.2) is 9.97 Å². The first-order valence-electron chi connectivity index (χ1n) is 8.34. The topological polar surface area (TPSA) is 69.1 Å². The molecule has 30 heavy (non-hydrogen) atoms. The predicted octanol–water partition coefficient (Wildman–Crippen LogP) is 5.32. The summed E-state index contributed by atoms with van der Waals surface area (Å²) in [5.41, 5.74) is -0.786. The Morgan fingerprint density at radius 3 is 2.53 bits per heavy atom. The lowest BCUT2D eigenvalue weighted by atomic mass is 10.1. The third-order valence-corrected chi connectivity index (χ3v) is 5.35. The van der Waals surface area contributed by atoms with Gasteiger partial charge in [0.1, 0.15) is 22.7 Å². The van der Waals surface area contributed by atoms with E-state index >= 15 is 0 Å². The lowest BCUT2D eigenvalue weighted by Gasteiger charge is -2.20. The molecule has 0 atom stereocenters. The first-order valence-corrected chi connectivity index (χ1v) is 9.22. The van der Waals surface area contributed by atoms with Crippen LogP contribution in [0.3, 0.4) is 0 Å². The normalized spacial score (nSPS) is 12.8. The Morgan fingerprint density at radius 2 is 1.87 bits per heavy atom. The predicted molar refractivity (Wildman–Crippen MR) is 97.0 cm³/mol. The van der Waals surface area contributed by atoms with Gasteiger partial charge in [0, 0.05) is 22.0 Å². The highest BCUT2D eigenvalue weighted by atomic mass is 32.1.